The fraction of sp³-hybridized carbons (Fsp3) is 0.111. The van der Waals surface area contributed by atoms with Gasteiger partial charge in [-0.05, 0) is 30.3 Å². The zero-order valence-corrected chi connectivity index (χ0v) is 14.9. The molecule has 0 aliphatic carbocycles. The molecule has 0 aliphatic heterocycles. The van der Waals surface area contributed by atoms with Crippen molar-refractivity contribution in [3.05, 3.63) is 63.2 Å². The molecule has 0 spiro atoms. The number of rotatable bonds is 4. The Kier molecular flexibility index (Phi) is 4.10. The highest BCUT2D eigenvalue weighted by Crippen LogP contribution is 2.25. The molecule has 0 atom stereocenters. The highest BCUT2D eigenvalue weighted by atomic mass is 32.1. The molecule has 0 saturated carbocycles. The van der Waals surface area contributed by atoms with Crippen LogP contribution < -0.4 is 19.6 Å². The lowest BCUT2D eigenvalue weighted by molar-refractivity contribution is 0.393. The predicted octanol–water partition coefficient (Wildman–Crippen LogP) is 1.78. The number of fused-ring (bicyclic) bond motifs is 1. The van der Waals surface area contributed by atoms with E-state index in [0.717, 1.165) is 11.1 Å². The molecule has 0 bridgehead atoms. The Morgan fingerprint density at radius 1 is 1.19 bits per heavy atom. The van der Waals surface area contributed by atoms with Gasteiger partial charge in [0.25, 0.3) is 5.56 Å². The van der Waals surface area contributed by atoms with Gasteiger partial charge in [0.15, 0.2) is 5.82 Å². The molecule has 0 radical (unpaired) electrons. The maximum absolute atomic E-state index is 12.7. The molecule has 26 heavy (non-hydrogen) atoms. The third-order valence-electron chi connectivity index (χ3n) is 3.83. The number of benzene rings is 1. The van der Waals surface area contributed by atoms with E-state index < -0.39 is 0 Å². The van der Waals surface area contributed by atoms with E-state index in [0.29, 0.717) is 26.8 Å². The fourth-order valence-corrected chi connectivity index (χ4v) is 3.43. The predicted molar refractivity (Wildman–Crippen MR) is 98.7 cm³/mol. The zero-order chi connectivity index (χ0) is 18.1. The molecule has 1 aromatic carbocycles. The number of hydrogen-bond acceptors (Lipinski definition) is 7. The fourth-order valence-electron chi connectivity index (χ4n) is 2.53. The standard InChI is InChI=1S/C18H14N4O3S/c1-24-13-6-5-11(14(9-13)25-2)8-15-17(23)22-18(26-15)20-16(21-22)12-4-3-7-19-10-12/h3-10H,1-2H3. The Bertz CT molecular complexity index is 1180. The molecule has 8 heteroatoms. The summed E-state index contributed by atoms with van der Waals surface area (Å²) in [5.41, 5.74) is 1.33. The largest absolute Gasteiger partial charge is 0.497 e. The molecule has 0 aliphatic rings. The van der Waals surface area contributed by atoms with E-state index in [2.05, 4.69) is 15.1 Å². The second-order valence-electron chi connectivity index (χ2n) is 5.40. The summed E-state index contributed by atoms with van der Waals surface area (Å²) >= 11 is 1.28. The summed E-state index contributed by atoms with van der Waals surface area (Å²) in [7, 11) is 3.17. The second kappa shape index (κ2) is 6.57. The molecular weight excluding hydrogens is 352 g/mol. The SMILES string of the molecule is COc1ccc(C=c2sc3nc(-c4cccnc4)nn3c2=O)c(OC)c1. The van der Waals surface area contributed by atoms with Crippen LogP contribution in [-0.2, 0) is 0 Å². The van der Waals surface area contributed by atoms with E-state index in [-0.39, 0.29) is 5.56 Å². The molecule has 130 valence electrons. The van der Waals surface area contributed by atoms with Crippen LogP contribution in [0.4, 0.5) is 0 Å². The first-order valence-electron chi connectivity index (χ1n) is 7.73. The molecule has 4 aromatic rings. The van der Waals surface area contributed by atoms with Crippen LogP contribution in [0.25, 0.3) is 22.4 Å². The van der Waals surface area contributed by atoms with Crippen molar-refractivity contribution >= 4 is 22.4 Å². The summed E-state index contributed by atoms with van der Waals surface area (Å²) in [5, 5.41) is 4.31. The van der Waals surface area contributed by atoms with Gasteiger partial charge in [-0.2, -0.15) is 9.50 Å². The van der Waals surface area contributed by atoms with Gasteiger partial charge < -0.3 is 9.47 Å². The Labute approximate surface area is 152 Å². The summed E-state index contributed by atoms with van der Waals surface area (Å²) in [6, 6.07) is 9.09. The lowest BCUT2D eigenvalue weighted by atomic mass is 10.2. The Morgan fingerprint density at radius 3 is 2.77 bits per heavy atom. The van der Waals surface area contributed by atoms with Gasteiger partial charge in [-0.1, -0.05) is 11.3 Å². The van der Waals surface area contributed by atoms with Gasteiger partial charge in [-0.15, -0.1) is 5.10 Å². The van der Waals surface area contributed by atoms with Gasteiger partial charge in [-0.25, -0.2) is 0 Å². The molecule has 7 nitrogen and oxygen atoms in total. The van der Waals surface area contributed by atoms with Gasteiger partial charge in [-0.3, -0.25) is 9.78 Å². The topological polar surface area (TPSA) is 78.6 Å². The van der Waals surface area contributed by atoms with Gasteiger partial charge in [0.05, 0.1) is 18.8 Å². The molecule has 3 heterocycles. The molecule has 0 saturated heterocycles. The van der Waals surface area contributed by atoms with Gasteiger partial charge in [0.1, 0.15) is 11.5 Å². The van der Waals surface area contributed by atoms with Crippen molar-refractivity contribution in [2.24, 2.45) is 0 Å². The van der Waals surface area contributed by atoms with Crippen molar-refractivity contribution in [1.29, 1.82) is 0 Å². The average Bonchev–Trinajstić information content (AvgIpc) is 3.22. The zero-order valence-electron chi connectivity index (χ0n) is 14.0. The number of aromatic nitrogens is 4. The quantitative estimate of drug-likeness (QED) is 0.548. The lowest BCUT2D eigenvalue weighted by Crippen LogP contribution is -2.23. The normalized spacial score (nSPS) is 11.8. The highest BCUT2D eigenvalue weighted by molar-refractivity contribution is 7.15. The average molecular weight is 366 g/mol. The number of hydrogen-bond donors (Lipinski definition) is 0. The van der Waals surface area contributed by atoms with E-state index >= 15 is 0 Å². The van der Waals surface area contributed by atoms with Crippen molar-refractivity contribution in [2.75, 3.05) is 14.2 Å². The third kappa shape index (κ3) is 2.80. The van der Waals surface area contributed by atoms with E-state index in [1.54, 1.807) is 44.8 Å². The molecule has 3 aromatic heterocycles. The van der Waals surface area contributed by atoms with Gasteiger partial charge >= 0.3 is 0 Å². The Morgan fingerprint density at radius 2 is 2.08 bits per heavy atom. The number of pyridine rings is 1. The van der Waals surface area contributed by atoms with Crippen LogP contribution in [-0.4, -0.2) is 33.8 Å². The minimum atomic E-state index is -0.217. The maximum atomic E-state index is 12.7. The van der Waals surface area contributed by atoms with Crippen molar-refractivity contribution in [3.63, 3.8) is 0 Å². The number of ether oxygens (including phenoxy) is 2. The number of nitrogens with zero attached hydrogens (tertiary/aromatic N) is 4. The van der Waals surface area contributed by atoms with Crippen LogP contribution in [0.15, 0.2) is 47.5 Å². The van der Waals surface area contributed by atoms with Crippen LogP contribution in [0.1, 0.15) is 5.56 Å². The van der Waals surface area contributed by atoms with Crippen molar-refractivity contribution in [1.82, 2.24) is 19.6 Å². The number of methoxy groups -OCH3 is 2. The van der Waals surface area contributed by atoms with Crippen LogP contribution in [0, 0.1) is 0 Å². The summed E-state index contributed by atoms with van der Waals surface area (Å²) in [6.07, 6.45) is 5.11. The molecular formula is C18H14N4O3S. The minimum absolute atomic E-state index is 0.217. The van der Waals surface area contributed by atoms with E-state index in [1.165, 1.54) is 15.9 Å². The van der Waals surface area contributed by atoms with Crippen molar-refractivity contribution < 1.29 is 9.47 Å². The van der Waals surface area contributed by atoms with Crippen LogP contribution in [0.2, 0.25) is 0 Å². The molecule has 0 amide bonds. The molecule has 0 fully saturated rings. The third-order valence-corrected chi connectivity index (χ3v) is 4.79. The molecule has 4 rings (SSSR count). The summed E-state index contributed by atoms with van der Waals surface area (Å²) < 4.78 is 12.4. The lowest BCUT2D eigenvalue weighted by Gasteiger charge is -2.06. The van der Waals surface area contributed by atoms with E-state index in [1.807, 2.05) is 18.2 Å². The van der Waals surface area contributed by atoms with E-state index in [4.69, 9.17) is 9.47 Å². The van der Waals surface area contributed by atoms with Crippen LogP contribution >= 0.6 is 11.3 Å². The van der Waals surface area contributed by atoms with Crippen molar-refractivity contribution in [3.8, 4) is 22.9 Å². The minimum Gasteiger partial charge on any atom is -0.497 e. The summed E-state index contributed by atoms with van der Waals surface area (Å²) in [4.78, 5) is 21.7. The maximum Gasteiger partial charge on any atom is 0.291 e. The van der Waals surface area contributed by atoms with Crippen LogP contribution in [0.5, 0.6) is 11.5 Å². The monoisotopic (exact) mass is 366 g/mol. The molecule has 0 unspecified atom stereocenters. The van der Waals surface area contributed by atoms with Crippen molar-refractivity contribution in [2.45, 2.75) is 0 Å². The van der Waals surface area contributed by atoms with Gasteiger partial charge in [0.2, 0.25) is 4.96 Å². The van der Waals surface area contributed by atoms with E-state index in [9.17, 15) is 4.79 Å². The molecule has 0 N–H and O–H groups in total. The summed E-state index contributed by atoms with van der Waals surface area (Å²) in [6.45, 7) is 0. The highest BCUT2D eigenvalue weighted by Gasteiger charge is 2.12. The Balaban J connectivity index is 1.81. The van der Waals surface area contributed by atoms with Gasteiger partial charge in [0, 0.05) is 29.6 Å². The first kappa shape index (κ1) is 16.2. The Hall–Kier alpha value is -3.26. The second-order valence-corrected chi connectivity index (χ2v) is 6.40. The first-order valence-corrected chi connectivity index (χ1v) is 8.55. The smallest absolute Gasteiger partial charge is 0.291 e. The summed E-state index contributed by atoms with van der Waals surface area (Å²) in [5.74, 6) is 1.79. The van der Waals surface area contributed by atoms with Crippen LogP contribution in [0.3, 0.4) is 0 Å². The first-order chi connectivity index (χ1) is 12.7. The number of thiazole rings is 1.